The van der Waals surface area contributed by atoms with Crippen LogP contribution in [0.25, 0.3) is 0 Å². The van der Waals surface area contributed by atoms with Crippen molar-refractivity contribution in [2.24, 2.45) is 5.41 Å². The number of benzene rings is 1. The summed E-state index contributed by atoms with van der Waals surface area (Å²) in [6.45, 7) is 7.16. The minimum absolute atomic E-state index is 0.224. The molecule has 1 aliphatic rings. The average Bonchev–Trinajstić information content (AvgIpc) is 2.84. The van der Waals surface area contributed by atoms with Crippen LogP contribution in [0.2, 0.25) is 5.15 Å². The van der Waals surface area contributed by atoms with Gasteiger partial charge in [-0.1, -0.05) is 38.4 Å². The van der Waals surface area contributed by atoms with Gasteiger partial charge in [0.2, 0.25) is 24.1 Å². The van der Waals surface area contributed by atoms with Crippen LogP contribution in [0.5, 0.6) is 11.6 Å². The number of hydrogen-bond donors (Lipinski definition) is 2. The van der Waals surface area contributed by atoms with Gasteiger partial charge in [-0.25, -0.2) is 9.97 Å². The fourth-order valence-corrected chi connectivity index (χ4v) is 4.09. The molecule has 2 aromatic rings. The predicted molar refractivity (Wildman–Crippen MR) is 133 cm³/mol. The normalized spacial score (nSPS) is 17.0. The molecule has 3 amide bonds. The molecule has 36 heavy (non-hydrogen) atoms. The number of rotatable bonds is 8. The van der Waals surface area contributed by atoms with Crippen LogP contribution in [0.1, 0.15) is 38.8 Å². The van der Waals surface area contributed by atoms with Crippen LogP contribution in [0.4, 0.5) is 0 Å². The van der Waals surface area contributed by atoms with Crippen molar-refractivity contribution in [3.8, 4) is 11.6 Å². The topological polar surface area (TPSA) is 125 Å². The summed E-state index contributed by atoms with van der Waals surface area (Å²) in [4.78, 5) is 48.4. The first-order chi connectivity index (χ1) is 16.9. The van der Waals surface area contributed by atoms with Crippen molar-refractivity contribution in [3.63, 3.8) is 0 Å². The van der Waals surface area contributed by atoms with Crippen LogP contribution in [0.3, 0.4) is 0 Å². The molecule has 194 valence electrons. The number of nitrogens with zero attached hydrogens (tertiary/aromatic N) is 4. The van der Waals surface area contributed by atoms with Gasteiger partial charge in [0.15, 0.2) is 0 Å². The molecule has 11 heteroatoms. The van der Waals surface area contributed by atoms with Crippen molar-refractivity contribution in [1.82, 2.24) is 25.1 Å². The van der Waals surface area contributed by atoms with Crippen molar-refractivity contribution in [1.29, 1.82) is 0 Å². The van der Waals surface area contributed by atoms with Gasteiger partial charge in [-0.15, -0.1) is 0 Å². The summed E-state index contributed by atoms with van der Waals surface area (Å²) in [6.07, 6.45) is 2.32. The fraction of sp³-hybridized carbons (Fsp3) is 0.480. The molecule has 3 rings (SSSR count). The Morgan fingerprint density at radius 1 is 1.31 bits per heavy atom. The lowest BCUT2D eigenvalue weighted by molar-refractivity contribution is -0.144. The van der Waals surface area contributed by atoms with Crippen molar-refractivity contribution < 1.29 is 24.2 Å². The summed E-state index contributed by atoms with van der Waals surface area (Å²) in [5, 5.41) is 13.2. The number of hydrogen-bond acceptors (Lipinski definition) is 7. The zero-order chi connectivity index (χ0) is 26.6. The van der Waals surface area contributed by atoms with Gasteiger partial charge in [-0.05, 0) is 42.0 Å². The number of ether oxygens (including phenoxy) is 1. The number of carbonyl (C=O) groups excluding carboxylic acids is 3. The minimum Gasteiger partial charge on any atom is -0.439 e. The quantitative estimate of drug-likeness (QED) is 0.406. The molecule has 0 aliphatic carbocycles. The second-order valence-electron chi connectivity index (χ2n) is 9.97. The fourth-order valence-electron chi connectivity index (χ4n) is 3.96. The highest BCUT2D eigenvalue weighted by molar-refractivity contribution is 6.29. The molecule has 0 bridgehead atoms. The van der Waals surface area contributed by atoms with Crippen molar-refractivity contribution >= 4 is 29.8 Å². The van der Waals surface area contributed by atoms with Crippen molar-refractivity contribution in [2.45, 2.75) is 58.8 Å². The molecule has 0 saturated carbocycles. The summed E-state index contributed by atoms with van der Waals surface area (Å²) < 4.78 is 5.81. The zero-order valence-electron chi connectivity index (χ0n) is 21.1. The van der Waals surface area contributed by atoms with Gasteiger partial charge in [0.05, 0.1) is 12.6 Å². The molecule has 1 aliphatic heterocycles. The molecule has 2 heterocycles. The Bertz CT molecular complexity index is 1120. The molecule has 0 radical (unpaired) electrons. The van der Waals surface area contributed by atoms with Gasteiger partial charge in [0, 0.05) is 19.7 Å². The highest BCUT2D eigenvalue weighted by atomic mass is 35.5. The summed E-state index contributed by atoms with van der Waals surface area (Å²) in [5.41, 5.74) is 1.23. The largest absolute Gasteiger partial charge is 0.439 e. The molecule has 0 fully saturated rings. The number of halogens is 1. The number of nitrogens with one attached hydrogen (secondary N) is 1. The summed E-state index contributed by atoms with van der Waals surface area (Å²) in [5.74, 6) is 0.0621. The average molecular weight is 518 g/mol. The van der Waals surface area contributed by atoms with E-state index in [0.29, 0.717) is 18.6 Å². The second-order valence-corrected chi connectivity index (χ2v) is 10.4. The molecule has 1 aromatic carbocycles. The van der Waals surface area contributed by atoms with Crippen LogP contribution in [-0.2, 0) is 27.3 Å². The number of likely N-dealkylation sites (N-methyl/N-ethyl adjacent to an activating group) is 1. The van der Waals surface area contributed by atoms with Crippen LogP contribution in [0.15, 0.2) is 30.6 Å². The van der Waals surface area contributed by atoms with Crippen molar-refractivity contribution in [2.75, 3.05) is 13.7 Å². The summed E-state index contributed by atoms with van der Waals surface area (Å²) in [6, 6.07) is 4.95. The molecule has 1 aromatic heterocycles. The molecule has 0 spiro atoms. The lowest BCUT2D eigenvalue weighted by atomic mass is 9.84. The SMILES string of the molecule is C[C@@H](C(=O)NC(C(=O)N1Cc2cc(Oc3cc(Cl)ncn3)ccc2C[C@H]1CO)C(C)(C)C)N(C)C=O. The van der Waals surface area contributed by atoms with E-state index in [1.807, 2.05) is 32.9 Å². The van der Waals surface area contributed by atoms with Gasteiger partial charge in [0.1, 0.15) is 29.3 Å². The van der Waals surface area contributed by atoms with E-state index in [9.17, 15) is 19.5 Å². The number of amides is 3. The molecule has 3 atom stereocenters. The molecule has 10 nitrogen and oxygen atoms in total. The van der Waals surface area contributed by atoms with Crippen LogP contribution >= 0.6 is 11.6 Å². The lowest BCUT2D eigenvalue weighted by Gasteiger charge is -2.41. The number of fused-ring (bicyclic) bond motifs is 1. The molecule has 2 N–H and O–H groups in total. The molecule has 1 unspecified atom stereocenters. The number of aliphatic hydroxyl groups excluding tert-OH is 1. The van der Waals surface area contributed by atoms with Gasteiger partial charge < -0.3 is 25.0 Å². The van der Waals surface area contributed by atoms with Gasteiger partial charge in [0.25, 0.3) is 0 Å². The molecular formula is C25H32ClN5O5. The van der Waals surface area contributed by atoms with E-state index in [4.69, 9.17) is 16.3 Å². The third kappa shape index (κ3) is 6.30. The zero-order valence-corrected chi connectivity index (χ0v) is 21.8. The lowest BCUT2D eigenvalue weighted by Crippen LogP contribution is -2.60. The van der Waals surface area contributed by atoms with E-state index < -0.39 is 29.4 Å². The van der Waals surface area contributed by atoms with Crippen LogP contribution in [0, 0.1) is 5.41 Å². The maximum atomic E-state index is 13.8. The van der Waals surface area contributed by atoms with Gasteiger partial charge >= 0.3 is 0 Å². The minimum atomic E-state index is -0.870. The van der Waals surface area contributed by atoms with E-state index >= 15 is 0 Å². The number of carbonyl (C=O) groups is 3. The Kier molecular flexibility index (Phi) is 8.52. The summed E-state index contributed by atoms with van der Waals surface area (Å²) >= 11 is 5.91. The van der Waals surface area contributed by atoms with E-state index in [1.165, 1.54) is 24.3 Å². The third-order valence-corrected chi connectivity index (χ3v) is 6.50. The highest BCUT2D eigenvalue weighted by Crippen LogP contribution is 2.31. The monoisotopic (exact) mass is 517 g/mol. The van der Waals surface area contributed by atoms with Gasteiger partial charge in [-0.3, -0.25) is 14.4 Å². The molecule has 0 saturated heterocycles. The van der Waals surface area contributed by atoms with E-state index in [-0.39, 0.29) is 30.1 Å². The third-order valence-electron chi connectivity index (χ3n) is 6.30. The van der Waals surface area contributed by atoms with Crippen molar-refractivity contribution in [3.05, 3.63) is 46.9 Å². The number of aliphatic hydroxyl groups is 1. The maximum Gasteiger partial charge on any atom is 0.246 e. The van der Waals surface area contributed by atoms with Gasteiger partial charge in [-0.2, -0.15) is 0 Å². The standard InChI is InChI=1S/C25H32ClN5O5/c1-15(30(5)14-33)23(34)29-22(25(2,3)4)24(35)31-11-17-9-19(7-6-16(17)8-18(31)12-32)36-21-10-20(26)27-13-28-21/h6-7,9-10,13-15,18,22,32H,8,11-12H2,1-5H3,(H,29,34)/t15-,18-,22?/m0/s1. The maximum absolute atomic E-state index is 13.8. The predicted octanol–water partition coefficient (Wildman–Crippen LogP) is 2.18. The summed E-state index contributed by atoms with van der Waals surface area (Å²) in [7, 11) is 1.50. The molecular weight excluding hydrogens is 486 g/mol. The van der Waals surface area contributed by atoms with E-state index in [0.717, 1.165) is 11.1 Å². The first-order valence-electron chi connectivity index (χ1n) is 11.6. The van der Waals surface area contributed by atoms with E-state index in [1.54, 1.807) is 17.9 Å². The Morgan fingerprint density at radius 3 is 2.64 bits per heavy atom. The number of aromatic nitrogens is 2. The first-order valence-corrected chi connectivity index (χ1v) is 12.0. The van der Waals surface area contributed by atoms with Crippen LogP contribution in [-0.4, -0.2) is 74.9 Å². The Labute approximate surface area is 215 Å². The highest BCUT2D eigenvalue weighted by Gasteiger charge is 2.40. The smallest absolute Gasteiger partial charge is 0.246 e. The second kappa shape index (κ2) is 11.2. The Morgan fingerprint density at radius 2 is 2.03 bits per heavy atom. The first kappa shape index (κ1) is 27.3. The Hall–Kier alpha value is -3.24. The van der Waals surface area contributed by atoms with Crippen LogP contribution < -0.4 is 10.1 Å². The van der Waals surface area contributed by atoms with E-state index in [2.05, 4.69) is 15.3 Å². The Balaban J connectivity index is 1.85.